The summed E-state index contributed by atoms with van der Waals surface area (Å²) in [7, 11) is 0. The van der Waals surface area contributed by atoms with Crippen LogP contribution in [0.4, 0.5) is 0 Å². The molecule has 0 saturated heterocycles. The van der Waals surface area contributed by atoms with Crippen LogP contribution in [0.3, 0.4) is 0 Å². The Labute approximate surface area is 396 Å². The van der Waals surface area contributed by atoms with Crippen molar-refractivity contribution >= 4 is 65.6 Å². The molecule has 6 nitrogen and oxygen atoms in total. The first-order chi connectivity index (χ1) is 34.2. The fraction of sp³-hybridized carbons (Fsp3) is 0. The second-order valence-electron chi connectivity index (χ2n) is 17.5. The molecule has 69 heavy (non-hydrogen) atoms. The van der Waals surface area contributed by atoms with Gasteiger partial charge in [0, 0.05) is 54.7 Å². The smallest absolute Gasteiger partial charge is 0.166 e. The zero-order valence-electron chi connectivity index (χ0n) is 37.2. The van der Waals surface area contributed by atoms with Gasteiger partial charge in [-0.1, -0.05) is 194 Å². The lowest BCUT2D eigenvalue weighted by molar-refractivity contribution is 0.668. The summed E-state index contributed by atoms with van der Waals surface area (Å²) >= 11 is 0. The van der Waals surface area contributed by atoms with Gasteiger partial charge >= 0.3 is 0 Å². The zero-order chi connectivity index (χ0) is 45.4. The Morgan fingerprint density at radius 3 is 1.32 bits per heavy atom. The molecular weight excluding hydrogens is 843 g/mol. The second kappa shape index (κ2) is 15.6. The Kier molecular flexibility index (Phi) is 8.79. The highest BCUT2D eigenvalue weighted by Crippen LogP contribution is 2.45. The van der Waals surface area contributed by atoms with E-state index in [4.69, 9.17) is 19.4 Å². The molecule has 0 fully saturated rings. The van der Waals surface area contributed by atoms with E-state index in [2.05, 4.69) is 234 Å². The highest BCUT2D eigenvalue weighted by molar-refractivity contribution is 6.24. The van der Waals surface area contributed by atoms with Gasteiger partial charge < -0.3 is 13.6 Å². The van der Waals surface area contributed by atoms with Crippen molar-refractivity contribution in [2.24, 2.45) is 0 Å². The number of nitrogens with zero attached hydrogens (tertiary/aromatic N) is 5. The fourth-order valence-electron chi connectivity index (χ4n) is 10.4. The molecule has 0 spiro atoms. The van der Waals surface area contributed by atoms with Gasteiger partial charge in [-0.25, -0.2) is 15.0 Å². The number of para-hydroxylation sites is 5. The molecule has 0 N–H and O–H groups in total. The van der Waals surface area contributed by atoms with Gasteiger partial charge in [0.15, 0.2) is 28.6 Å². The molecule has 0 aliphatic carbocycles. The molecule has 10 aromatic carbocycles. The number of benzene rings is 10. The van der Waals surface area contributed by atoms with Crippen molar-refractivity contribution in [1.82, 2.24) is 24.1 Å². The van der Waals surface area contributed by atoms with E-state index in [-0.39, 0.29) is 0 Å². The van der Waals surface area contributed by atoms with Gasteiger partial charge in [-0.15, -0.1) is 0 Å². The van der Waals surface area contributed by atoms with Crippen LogP contribution in [0.1, 0.15) is 0 Å². The maximum absolute atomic E-state index is 7.31. The number of hydrogen-bond acceptors (Lipinski definition) is 4. The average molecular weight is 882 g/mol. The normalized spacial score (nSPS) is 11.8. The first kappa shape index (κ1) is 38.8. The Morgan fingerprint density at radius 2 is 0.710 bits per heavy atom. The summed E-state index contributed by atoms with van der Waals surface area (Å²) in [5.41, 5.74) is 15.1. The topological polar surface area (TPSA) is 61.7 Å². The summed E-state index contributed by atoms with van der Waals surface area (Å²) in [6.07, 6.45) is 0. The lowest BCUT2D eigenvalue weighted by Crippen LogP contribution is -2.02. The highest BCUT2D eigenvalue weighted by Gasteiger charge is 2.25. The maximum atomic E-state index is 7.31. The number of hydrogen-bond donors (Lipinski definition) is 0. The van der Waals surface area contributed by atoms with E-state index in [1.807, 2.05) is 12.1 Å². The molecule has 0 saturated carbocycles. The standard InChI is InChI=1S/C63H39N5O/c1-4-16-40(17-5-1)42-30-34-44(35-31-42)61-64-62(45-36-32-43(33-37-45)41-18-6-2-7-19-41)66-63(65-61)53-26-14-24-49-50-38-39-52-51-25-15-29-56(68-54-27-12-10-22-47(54)48-23-11-13-28-55(48)68)59(51)69-60(52)58(50)67(57(49)53)46-20-8-3-9-21-46/h1-39H. The van der Waals surface area contributed by atoms with Crippen molar-refractivity contribution in [2.75, 3.05) is 0 Å². The molecule has 322 valence electrons. The molecule has 0 aliphatic rings. The molecule has 14 aromatic rings. The van der Waals surface area contributed by atoms with Crippen LogP contribution in [0.15, 0.2) is 241 Å². The molecule has 14 rings (SSSR count). The number of aromatic nitrogens is 5. The third kappa shape index (κ3) is 6.23. The average Bonchev–Trinajstić information content (AvgIpc) is 4.10. The summed E-state index contributed by atoms with van der Waals surface area (Å²) in [5.74, 6) is 1.77. The molecule has 0 unspecified atom stereocenters. The molecule has 4 aromatic heterocycles. The monoisotopic (exact) mass is 881 g/mol. The molecule has 6 heteroatoms. The molecule has 0 radical (unpaired) electrons. The summed E-state index contributed by atoms with van der Waals surface area (Å²) in [5, 5.41) is 6.66. The van der Waals surface area contributed by atoms with Gasteiger partial charge in [-0.3, -0.25) is 0 Å². The zero-order valence-corrected chi connectivity index (χ0v) is 37.2. The van der Waals surface area contributed by atoms with Crippen molar-refractivity contribution in [3.05, 3.63) is 237 Å². The lowest BCUT2D eigenvalue weighted by Gasteiger charge is -2.13. The van der Waals surface area contributed by atoms with Crippen molar-refractivity contribution < 1.29 is 4.42 Å². The summed E-state index contributed by atoms with van der Waals surface area (Å²) < 4.78 is 12.0. The highest BCUT2D eigenvalue weighted by atomic mass is 16.3. The quantitative estimate of drug-likeness (QED) is 0.160. The van der Waals surface area contributed by atoms with Crippen LogP contribution >= 0.6 is 0 Å². The van der Waals surface area contributed by atoms with Crippen LogP contribution in [0, 0.1) is 0 Å². The van der Waals surface area contributed by atoms with Gasteiger partial charge in [0.1, 0.15) is 0 Å². The largest absolute Gasteiger partial charge is 0.452 e. The van der Waals surface area contributed by atoms with Crippen LogP contribution in [-0.2, 0) is 0 Å². The van der Waals surface area contributed by atoms with Gasteiger partial charge in [0.2, 0.25) is 0 Å². The Balaban J connectivity index is 1.02. The number of fused-ring (bicyclic) bond motifs is 10. The molecule has 0 aliphatic heterocycles. The van der Waals surface area contributed by atoms with Crippen LogP contribution in [-0.4, -0.2) is 24.1 Å². The van der Waals surface area contributed by atoms with E-state index in [1.54, 1.807) is 0 Å². The van der Waals surface area contributed by atoms with Crippen molar-refractivity contribution in [1.29, 1.82) is 0 Å². The van der Waals surface area contributed by atoms with Crippen LogP contribution < -0.4 is 0 Å². The lowest BCUT2D eigenvalue weighted by atomic mass is 10.0. The van der Waals surface area contributed by atoms with Gasteiger partial charge in [0.25, 0.3) is 0 Å². The van der Waals surface area contributed by atoms with Crippen LogP contribution in [0.5, 0.6) is 0 Å². The van der Waals surface area contributed by atoms with Crippen molar-refractivity contribution in [2.45, 2.75) is 0 Å². The van der Waals surface area contributed by atoms with E-state index < -0.39 is 0 Å². The van der Waals surface area contributed by atoms with Crippen molar-refractivity contribution in [3.8, 4) is 67.8 Å². The van der Waals surface area contributed by atoms with Crippen LogP contribution in [0.2, 0.25) is 0 Å². The summed E-state index contributed by atoms with van der Waals surface area (Å²) in [4.78, 5) is 15.9. The third-order valence-corrected chi connectivity index (χ3v) is 13.6. The van der Waals surface area contributed by atoms with Crippen LogP contribution in [0.25, 0.3) is 133 Å². The Hall–Kier alpha value is -9.39. The predicted octanol–water partition coefficient (Wildman–Crippen LogP) is 16.3. The first-order valence-electron chi connectivity index (χ1n) is 23.3. The number of rotatable bonds is 7. The van der Waals surface area contributed by atoms with Gasteiger partial charge in [0.05, 0.1) is 27.8 Å². The first-order valence-corrected chi connectivity index (χ1v) is 23.3. The van der Waals surface area contributed by atoms with E-state index in [0.29, 0.717) is 17.5 Å². The summed E-state index contributed by atoms with van der Waals surface area (Å²) in [6, 6.07) is 83.1. The molecule has 0 amide bonds. The fourth-order valence-corrected chi connectivity index (χ4v) is 10.4. The molecular formula is C63H39N5O. The molecule has 4 heterocycles. The molecule has 0 bridgehead atoms. The van der Waals surface area contributed by atoms with E-state index >= 15 is 0 Å². The number of furan rings is 1. The van der Waals surface area contributed by atoms with E-state index in [9.17, 15) is 0 Å². The molecule has 0 atom stereocenters. The SMILES string of the molecule is c1ccc(-c2ccc(-c3nc(-c4ccc(-c5ccccc5)cc4)nc(-c4cccc5c6ccc7c8cccc(-n9c%10ccccc%10c%10ccccc%109)c8oc7c6n(-c6ccccc6)c45)n3)cc2)cc1. The Morgan fingerprint density at radius 1 is 0.275 bits per heavy atom. The minimum absolute atomic E-state index is 0.578. The van der Waals surface area contributed by atoms with Crippen molar-refractivity contribution in [3.63, 3.8) is 0 Å². The third-order valence-electron chi connectivity index (χ3n) is 13.6. The van der Waals surface area contributed by atoms with Gasteiger partial charge in [-0.2, -0.15) is 0 Å². The minimum Gasteiger partial charge on any atom is -0.452 e. The summed E-state index contributed by atoms with van der Waals surface area (Å²) in [6.45, 7) is 0. The van der Waals surface area contributed by atoms with E-state index in [0.717, 1.165) is 105 Å². The predicted molar refractivity (Wildman–Crippen MR) is 283 cm³/mol. The van der Waals surface area contributed by atoms with E-state index in [1.165, 1.54) is 10.8 Å². The minimum atomic E-state index is 0.578. The maximum Gasteiger partial charge on any atom is 0.166 e. The van der Waals surface area contributed by atoms with Gasteiger partial charge in [-0.05, 0) is 64.7 Å². The second-order valence-corrected chi connectivity index (χ2v) is 17.5. The Bertz CT molecular complexity index is 4110.